The number of hydrogen-bond donors (Lipinski definition) is 2. The predicted octanol–water partition coefficient (Wildman–Crippen LogP) is 3.69. The minimum absolute atomic E-state index is 0.248. The van der Waals surface area contributed by atoms with E-state index in [1.54, 1.807) is 17.4 Å². The number of nitrogen functional groups attached to an aromatic ring is 1. The van der Waals surface area contributed by atoms with Crippen molar-refractivity contribution in [2.24, 2.45) is 0 Å². The van der Waals surface area contributed by atoms with Crippen molar-refractivity contribution in [2.75, 3.05) is 11.1 Å². The van der Waals surface area contributed by atoms with E-state index in [1.165, 1.54) is 11.6 Å². The Morgan fingerprint density at radius 1 is 1.44 bits per heavy atom. The van der Waals surface area contributed by atoms with E-state index in [1.807, 2.05) is 39.4 Å². The molecule has 1 heterocycles. The molecular formula is C11H10FIN2S. The molecule has 2 aromatic rings. The molecule has 1 aromatic carbocycles. The standard InChI is InChI=1S/C11H10FIN2S/c12-8-3-11(10(14)4-9(8)13)15-5-7-1-2-16-6-7/h1-4,6,15H,5,14H2. The van der Waals surface area contributed by atoms with Gasteiger partial charge in [0.15, 0.2) is 0 Å². The van der Waals surface area contributed by atoms with Gasteiger partial charge in [-0.2, -0.15) is 11.3 Å². The Kier molecular flexibility index (Phi) is 3.65. The smallest absolute Gasteiger partial charge is 0.138 e. The SMILES string of the molecule is Nc1cc(I)c(F)cc1NCc1ccsc1. The van der Waals surface area contributed by atoms with Gasteiger partial charge in [-0.15, -0.1) is 0 Å². The number of thiophene rings is 1. The highest BCUT2D eigenvalue weighted by Gasteiger charge is 2.05. The molecule has 3 N–H and O–H groups in total. The molecule has 0 aliphatic carbocycles. The molecule has 16 heavy (non-hydrogen) atoms. The molecular weight excluding hydrogens is 338 g/mol. The first-order valence-corrected chi connectivity index (χ1v) is 6.68. The Morgan fingerprint density at radius 3 is 2.94 bits per heavy atom. The van der Waals surface area contributed by atoms with Crippen molar-refractivity contribution in [1.82, 2.24) is 0 Å². The van der Waals surface area contributed by atoms with E-state index in [2.05, 4.69) is 5.32 Å². The molecule has 0 bridgehead atoms. The summed E-state index contributed by atoms with van der Waals surface area (Å²) in [4.78, 5) is 0. The molecule has 0 saturated heterocycles. The van der Waals surface area contributed by atoms with Crippen molar-refractivity contribution in [2.45, 2.75) is 6.54 Å². The Morgan fingerprint density at radius 2 is 2.25 bits per heavy atom. The van der Waals surface area contributed by atoms with Crippen molar-refractivity contribution in [3.63, 3.8) is 0 Å². The second-order valence-corrected chi connectivity index (χ2v) is 5.28. The summed E-state index contributed by atoms with van der Waals surface area (Å²) < 4.78 is 13.9. The van der Waals surface area contributed by atoms with E-state index in [0.717, 1.165) is 0 Å². The van der Waals surface area contributed by atoms with Crippen LogP contribution in [0.5, 0.6) is 0 Å². The van der Waals surface area contributed by atoms with E-state index in [0.29, 0.717) is 21.5 Å². The number of halogens is 2. The van der Waals surface area contributed by atoms with E-state index < -0.39 is 0 Å². The van der Waals surface area contributed by atoms with Gasteiger partial charge in [0.2, 0.25) is 0 Å². The second kappa shape index (κ2) is 5.01. The van der Waals surface area contributed by atoms with Gasteiger partial charge in [0, 0.05) is 12.6 Å². The lowest BCUT2D eigenvalue weighted by Gasteiger charge is -2.09. The van der Waals surface area contributed by atoms with Crippen molar-refractivity contribution < 1.29 is 4.39 Å². The van der Waals surface area contributed by atoms with Gasteiger partial charge in [-0.05, 0) is 51.0 Å². The summed E-state index contributed by atoms with van der Waals surface area (Å²) in [5.41, 5.74) is 8.18. The van der Waals surface area contributed by atoms with Crippen LogP contribution in [0.25, 0.3) is 0 Å². The molecule has 2 nitrogen and oxygen atoms in total. The van der Waals surface area contributed by atoms with Crippen molar-refractivity contribution in [3.8, 4) is 0 Å². The van der Waals surface area contributed by atoms with Crippen LogP contribution < -0.4 is 11.1 Å². The van der Waals surface area contributed by atoms with Crippen molar-refractivity contribution in [1.29, 1.82) is 0 Å². The third kappa shape index (κ3) is 2.65. The van der Waals surface area contributed by atoms with Crippen molar-refractivity contribution >= 4 is 45.3 Å². The molecule has 0 fully saturated rings. The first-order chi connectivity index (χ1) is 7.66. The van der Waals surface area contributed by atoms with E-state index in [4.69, 9.17) is 5.73 Å². The summed E-state index contributed by atoms with van der Waals surface area (Å²) >= 11 is 3.56. The molecule has 0 amide bonds. The van der Waals surface area contributed by atoms with Crippen LogP contribution in [0.15, 0.2) is 29.0 Å². The largest absolute Gasteiger partial charge is 0.397 e. The third-order valence-electron chi connectivity index (χ3n) is 2.16. The molecule has 0 saturated carbocycles. The molecule has 1 aromatic heterocycles. The Bertz CT molecular complexity index is 485. The second-order valence-electron chi connectivity index (χ2n) is 3.34. The van der Waals surface area contributed by atoms with Gasteiger partial charge < -0.3 is 11.1 Å². The zero-order chi connectivity index (χ0) is 11.5. The van der Waals surface area contributed by atoms with Gasteiger partial charge >= 0.3 is 0 Å². The van der Waals surface area contributed by atoms with Gasteiger partial charge in [-0.25, -0.2) is 4.39 Å². The molecule has 84 valence electrons. The van der Waals surface area contributed by atoms with Crippen molar-refractivity contribution in [3.05, 3.63) is 43.9 Å². The van der Waals surface area contributed by atoms with Crippen LogP contribution in [-0.2, 0) is 6.54 Å². The van der Waals surface area contributed by atoms with E-state index in [9.17, 15) is 4.39 Å². The number of anilines is 2. The third-order valence-corrected chi connectivity index (χ3v) is 3.71. The van der Waals surface area contributed by atoms with Crippen LogP contribution in [0.4, 0.5) is 15.8 Å². The average Bonchev–Trinajstić information content (AvgIpc) is 2.74. The van der Waals surface area contributed by atoms with Gasteiger partial charge in [-0.3, -0.25) is 0 Å². The van der Waals surface area contributed by atoms with E-state index in [-0.39, 0.29) is 5.82 Å². The summed E-state index contributed by atoms with van der Waals surface area (Å²) in [7, 11) is 0. The van der Waals surface area contributed by atoms with E-state index >= 15 is 0 Å². The normalized spacial score (nSPS) is 10.4. The van der Waals surface area contributed by atoms with Gasteiger partial charge in [0.05, 0.1) is 14.9 Å². The highest BCUT2D eigenvalue weighted by Crippen LogP contribution is 2.24. The van der Waals surface area contributed by atoms with Crippen LogP contribution >= 0.6 is 33.9 Å². The lowest BCUT2D eigenvalue weighted by Crippen LogP contribution is -2.03. The molecule has 0 unspecified atom stereocenters. The zero-order valence-corrected chi connectivity index (χ0v) is 11.3. The fraction of sp³-hybridized carbons (Fsp3) is 0.0909. The molecule has 5 heteroatoms. The van der Waals surface area contributed by atoms with Gasteiger partial charge in [0.25, 0.3) is 0 Å². The molecule has 0 aliphatic rings. The number of hydrogen-bond acceptors (Lipinski definition) is 3. The quantitative estimate of drug-likeness (QED) is 0.656. The summed E-state index contributed by atoms with van der Waals surface area (Å²) in [6.45, 7) is 0.660. The number of benzene rings is 1. The zero-order valence-electron chi connectivity index (χ0n) is 8.34. The minimum atomic E-state index is -0.248. The van der Waals surface area contributed by atoms with Crippen LogP contribution in [-0.4, -0.2) is 0 Å². The molecule has 0 spiro atoms. The van der Waals surface area contributed by atoms with Crippen LogP contribution in [0.3, 0.4) is 0 Å². The van der Waals surface area contributed by atoms with Crippen LogP contribution in [0.1, 0.15) is 5.56 Å². The molecule has 0 aliphatic heterocycles. The maximum Gasteiger partial charge on any atom is 0.138 e. The minimum Gasteiger partial charge on any atom is -0.397 e. The number of nitrogens with one attached hydrogen (secondary N) is 1. The fourth-order valence-electron chi connectivity index (χ4n) is 1.31. The highest BCUT2D eigenvalue weighted by molar-refractivity contribution is 14.1. The number of nitrogens with two attached hydrogens (primary N) is 1. The lowest BCUT2D eigenvalue weighted by atomic mass is 10.2. The molecule has 0 radical (unpaired) electrons. The monoisotopic (exact) mass is 348 g/mol. The van der Waals surface area contributed by atoms with Crippen LogP contribution in [0.2, 0.25) is 0 Å². The fourth-order valence-corrected chi connectivity index (χ4v) is 2.47. The summed E-state index contributed by atoms with van der Waals surface area (Å²) in [6, 6.07) is 5.09. The summed E-state index contributed by atoms with van der Waals surface area (Å²) in [6.07, 6.45) is 0. The van der Waals surface area contributed by atoms with Crippen LogP contribution in [0, 0.1) is 9.39 Å². The molecule has 0 atom stereocenters. The highest BCUT2D eigenvalue weighted by atomic mass is 127. The summed E-state index contributed by atoms with van der Waals surface area (Å²) in [5.74, 6) is -0.248. The lowest BCUT2D eigenvalue weighted by molar-refractivity contribution is 0.621. The first kappa shape index (κ1) is 11.7. The molecule has 2 rings (SSSR count). The Balaban J connectivity index is 2.12. The first-order valence-electron chi connectivity index (χ1n) is 4.66. The topological polar surface area (TPSA) is 38.0 Å². The number of rotatable bonds is 3. The summed E-state index contributed by atoms with van der Waals surface area (Å²) in [5, 5.41) is 7.18. The average molecular weight is 348 g/mol. The Hall–Kier alpha value is -0.820. The van der Waals surface area contributed by atoms with Gasteiger partial charge in [0.1, 0.15) is 5.82 Å². The van der Waals surface area contributed by atoms with Gasteiger partial charge in [-0.1, -0.05) is 0 Å². The maximum atomic E-state index is 13.3. The predicted molar refractivity (Wildman–Crippen MR) is 75.2 cm³/mol. The maximum absolute atomic E-state index is 13.3. The Labute approximate surface area is 111 Å².